The molecule has 2 bridgehead atoms. The number of benzene rings is 2. The molecule has 2 atom stereocenters. The fraction of sp³-hybridized carbons (Fsp3) is 0.406. The second-order valence-corrected chi connectivity index (χ2v) is 12.3. The molecule has 0 saturated carbocycles. The highest BCUT2D eigenvalue weighted by Gasteiger charge is 2.43. The van der Waals surface area contributed by atoms with E-state index in [1.54, 1.807) is 35.8 Å². The lowest BCUT2D eigenvalue weighted by molar-refractivity contribution is -0.129. The second kappa shape index (κ2) is 14.9. The Bertz CT molecular complexity index is 1530. The van der Waals surface area contributed by atoms with Gasteiger partial charge >= 0.3 is 0 Å². The molecule has 3 aromatic rings. The summed E-state index contributed by atoms with van der Waals surface area (Å²) in [6.45, 7) is 0.383. The first-order valence-corrected chi connectivity index (χ1v) is 15.4. The fourth-order valence-corrected chi connectivity index (χ4v) is 7.26. The SMILES string of the molecule is Cl.N#Cc1ccc(-c2cc(C(=O)N3C4CCC3CC(N)C4)sc2-c2ccc(OCCCCCCC(=O)NO)c(O)c2)cc1F. The molecule has 2 aliphatic heterocycles. The van der Waals surface area contributed by atoms with Crippen molar-refractivity contribution in [1.82, 2.24) is 10.4 Å². The predicted molar refractivity (Wildman–Crippen MR) is 167 cm³/mol. The van der Waals surface area contributed by atoms with Crippen molar-refractivity contribution < 1.29 is 29.0 Å². The first kappa shape index (κ1) is 33.2. The molecule has 0 spiro atoms. The minimum Gasteiger partial charge on any atom is -0.504 e. The number of hydroxylamine groups is 1. The molecule has 9 nitrogen and oxygen atoms in total. The van der Waals surface area contributed by atoms with Crippen LogP contribution in [0.3, 0.4) is 0 Å². The summed E-state index contributed by atoms with van der Waals surface area (Å²) in [6.07, 6.45) is 6.74. The molecule has 5 rings (SSSR count). The van der Waals surface area contributed by atoms with Crippen LogP contribution in [0.15, 0.2) is 42.5 Å². The molecule has 2 aromatic carbocycles. The molecule has 44 heavy (non-hydrogen) atoms. The van der Waals surface area contributed by atoms with Crippen molar-refractivity contribution in [1.29, 1.82) is 5.26 Å². The quantitative estimate of drug-likeness (QED) is 0.111. The van der Waals surface area contributed by atoms with Crippen molar-refractivity contribution in [2.75, 3.05) is 6.61 Å². The van der Waals surface area contributed by atoms with Gasteiger partial charge in [-0.25, -0.2) is 9.87 Å². The minimum atomic E-state index is -0.642. The van der Waals surface area contributed by atoms with E-state index < -0.39 is 11.7 Å². The molecule has 2 saturated heterocycles. The third-order valence-corrected chi connectivity index (χ3v) is 9.42. The van der Waals surface area contributed by atoms with E-state index >= 15 is 0 Å². The first-order chi connectivity index (χ1) is 20.8. The van der Waals surface area contributed by atoms with Gasteiger partial charge in [-0.15, -0.1) is 23.7 Å². The van der Waals surface area contributed by atoms with Gasteiger partial charge in [-0.3, -0.25) is 14.8 Å². The Morgan fingerprint density at radius 3 is 2.43 bits per heavy atom. The lowest BCUT2D eigenvalue weighted by atomic mass is 9.97. The number of nitriles is 1. The van der Waals surface area contributed by atoms with Gasteiger partial charge in [0, 0.05) is 35.0 Å². The summed E-state index contributed by atoms with van der Waals surface area (Å²) in [7, 11) is 0. The van der Waals surface area contributed by atoms with E-state index in [1.807, 2.05) is 11.0 Å². The summed E-state index contributed by atoms with van der Waals surface area (Å²) < 4.78 is 20.4. The number of ether oxygens (including phenoxy) is 1. The molecule has 12 heteroatoms. The number of carbonyl (C=O) groups is 2. The average molecular weight is 643 g/mol. The number of unbranched alkanes of at least 4 members (excludes halogenated alkanes) is 3. The molecular formula is C32H36ClFN4O5S. The second-order valence-electron chi connectivity index (χ2n) is 11.2. The largest absolute Gasteiger partial charge is 0.504 e. The smallest absolute Gasteiger partial charge is 0.264 e. The van der Waals surface area contributed by atoms with Crippen LogP contribution in [0.5, 0.6) is 11.5 Å². The van der Waals surface area contributed by atoms with Crippen molar-refractivity contribution in [3.63, 3.8) is 0 Å². The van der Waals surface area contributed by atoms with Crippen LogP contribution < -0.4 is 16.0 Å². The van der Waals surface area contributed by atoms with Gasteiger partial charge in [0.25, 0.3) is 5.91 Å². The van der Waals surface area contributed by atoms with Gasteiger partial charge in [-0.1, -0.05) is 18.9 Å². The van der Waals surface area contributed by atoms with E-state index in [9.17, 15) is 24.3 Å². The summed E-state index contributed by atoms with van der Waals surface area (Å²) in [4.78, 5) is 28.1. The number of hydrogen-bond donors (Lipinski definition) is 4. The van der Waals surface area contributed by atoms with Crippen LogP contribution in [-0.2, 0) is 4.79 Å². The number of hydrogen-bond acceptors (Lipinski definition) is 8. The molecular weight excluding hydrogens is 607 g/mol. The number of fused-ring (bicyclic) bond motifs is 2. The Morgan fingerprint density at radius 1 is 1.07 bits per heavy atom. The van der Waals surface area contributed by atoms with Gasteiger partial charge < -0.3 is 20.5 Å². The van der Waals surface area contributed by atoms with Crippen molar-refractivity contribution >= 4 is 35.6 Å². The maximum atomic E-state index is 14.7. The van der Waals surface area contributed by atoms with Gasteiger partial charge in [0.15, 0.2) is 11.5 Å². The van der Waals surface area contributed by atoms with Gasteiger partial charge in [0.2, 0.25) is 5.91 Å². The summed E-state index contributed by atoms with van der Waals surface area (Å²) in [5.74, 6) is -0.843. The molecule has 2 unspecified atom stereocenters. The Hall–Kier alpha value is -3.69. The number of piperidine rings is 1. The van der Waals surface area contributed by atoms with Crippen LogP contribution in [0, 0.1) is 17.1 Å². The normalized spacial score (nSPS) is 18.8. The van der Waals surface area contributed by atoms with Gasteiger partial charge in [-0.2, -0.15) is 5.26 Å². The van der Waals surface area contributed by atoms with Crippen molar-refractivity contribution in [3.05, 3.63) is 58.7 Å². The summed E-state index contributed by atoms with van der Waals surface area (Å²) in [6, 6.07) is 13.4. The fourth-order valence-electron chi connectivity index (χ4n) is 6.14. The minimum absolute atomic E-state index is 0. The number of carbonyl (C=O) groups excluding carboxylic acids is 2. The number of nitrogens with zero attached hydrogens (tertiary/aromatic N) is 2. The van der Waals surface area contributed by atoms with E-state index in [2.05, 4.69) is 0 Å². The molecule has 3 heterocycles. The zero-order valence-electron chi connectivity index (χ0n) is 24.1. The van der Waals surface area contributed by atoms with Gasteiger partial charge in [0.1, 0.15) is 11.9 Å². The molecule has 0 aliphatic carbocycles. The summed E-state index contributed by atoms with van der Waals surface area (Å²) >= 11 is 1.30. The van der Waals surface area contributed by atoms with Crippen LogP contribution >= 0.6 is 23.7 Å². The molecule has 234 valence electrons. The van der Waals surface area contributed by atoms with E-state index in [4.69, 9.17) is 15.7 Å². The number of amides is 2. The van der Waals surface area contributed by atoms with Crippen LogP contribution in [0.25, 0.3) is 21.6 Å². The number of nitrogens with two attached hydrogens (primary N) is 1. The number of aromatic hydroxyl groups is 1. The number of thiophene rings is 1. The van der Waals surface area contributed by atoms with Gasteiger partial charge in [-0.05, 0) is 86.1 Å². The Kier molecular flexibility index (Phi) is 11.2. The van der Waals surface area contributed by atoms with Crippen LogP contribution in [0.2, 0.25) is 0 Å². The number of phenols is 1. The van der Waals surface area contributed by atoms with Crippen LogP contribution in [0.1, 0.15) is 73.0 Å². The number of phenolic OH excluding ortho intramolecular Hbond substituents is 1. The predicted octanol–water partition coefficient (Wildman–Crippen LogP) is 6.15. The Labute approximate surface area is 265 Å². The maximum absolute atomic E-state index is 14.7. The molecule has 0 radical (unpaired) electrons. The summed E-state index contributed by atoms with van der Waals surface area (Å²) in [5, 5.41) is 28.5. The lowest BCUT2D eigenvalue weighted by Crippen LogP contribution is -2.49. The Balaban J connectivity index is 0.00000442. The highest BCUT2D eigenvalue weighted by Crippen LogP contribution is 2.44. The highest BCUT2D eigenvalue weighted by atomic mass is 35.5. The van der Waals surface area contributed by atoms with Crippen LogP contribution in [-0.4, -0.2) is 51.8 Å². The third kappa shape index (κ3) is 7.33. The lowest BCUT2D eigenvalue weighted by Gasteiger charge is -2.37. The molecule has 2 fully saturated rings. The first-order valence-electron chi connectivity index (χ1n) is 14.6. The topological polar surface area (TPSA) is 149 Å². The van der Waals surface area contributed by atoms with E-state index in [0.29, 0.717) is 45.2 Å². The summed E-state index contributed by atoms with van der Waals surface area (Å²) in [5.41, 5.74) is 9.60. The van der Waals surface area contributed by atoms with Gasteiger partial charge in [0.05, 0.1) is 17.0 Å². The molecule has 2 amide bonds. The molecule has 1 aromatic heterocycles. The standard InChI is InChI=1S/C32H35FN4O5S.ClH/c33-26-13-19(6-7-21(26)18-34)25-17-29(32(40)37-23-9-10-24(37)16-22(35)15-23)43-31(25)20-8-11-28(27(38)14-20)42-12-4-2-1-3-5-30(39)36-41;/h6-8,11,13-14,17,22-24,38,41H,1-5,9-10,12,15-16,35H2,(H,36,39);1H. The van der Waals surface area contributed by atoms with Crippen molar-refractivity contribution in [2.24, 2.45) is 5.73 Å². The maximum Gasteiger partial charge on any atom is 0.264 e. The van der Waals surface area contributed by atoms with Crippen molar-refractivity contribution in [3.8, 4) is 39.1 Å². The third-order valence-electron chi connectivity index (χ3n) is 8.25. The van der Waals surface area contributed by atoms with E-state index in [0.717, 1.165) is 44.9 Å². The highest BCUT2D eigenvalue weighted by molar-refractivity contribution is 7.18. The van der Waals surface area contributed by atoms with E-state index in [-0.39, 0.29) is 54.2 Å². The number of halogens is 2. The monoisotopic (exact) mass is 642 g/mol. The Morgan fingerprint density at radius 2 is 1.77 bits per heavy atom. The number of nitrogens with one attached hydrogen (secondary N) is 1. The zero-order valence-corrected chi connectivity index (χ0v) is 25.8. The van der Waals surface area contributed by atoms with Crippen molar-refractivity contribution in [2.45, 2.75) is 75.9 Å². The molecule has 2 aliphatic rings. The number of rotatable bonds is 11. The van der Waals surface area contributed by atoms with Crippen LogP contribution in [0.4, 0.5) is 4.39 Å². The van der Waals surface area contributed by atoms with E-state index in [1.165, 1.54) is 23.5 Å². The zero-order chi connectivity index (χ0) is 30.5. The molecule has 5 N–H and O–H groups in total. The average Bonchev–Trinajstić information content (AvgIpc) is 3.56.